The molecule has 1 aromatic heterocycles. The number of carbonyl (C=O) groups is 1. The summed E-state index contributed by atoms with van der Waals surface area (Å²) in [5.74, 6) is 0.793. The maximum atomic E-state index is 14.0. The molecule has 0 spiro atoms. The summed E-state index contributed by atoms with van der Waals surface area (Å²) >= 11 is 0.989. The van der Waals surface area contributed by atoms with E-state index < -0.39 is 11.7 Å². The van der Waals surface area contributed by atoms with Gasteiger partial charge in [-0.1, -0.05) is 30.0 Å². The van der Waals surface area contributed by atoms with Gasteiger partial charge >= 0.3 is 11.9 Å². The van der Waals surface area contributed by atoms with E-state index in [0.717, 1.165) is 28.9 Å². The topological polar surface area (TPSA) is 76.6 Å². The largest absolute Gasteiger partial charge is 0.486 e. The predicted octanol–water partition coefficient (Wildman–Crippen LogP) is 6.15. The molecule has 7 nitrogen and oxygen atoms in total. The number of imidazole rings is 1. The molecule has 1 amide bonds. The summed E-state index contributed by atoms with van der Waals surface area (Å²) in [5.41, 5.74) is 0.924. The molecule has 3 heterocycles. The SMILES string of the molecule is O=C(/C=C/c1ccc(Sc2ccc3c(c2)OCCO3)c(C(F)(F)F)c1)N1CCC(n2c(=O)[nH]c3ccccc32)CC1. The number of H-pyrrole nitrogens is 1. The Balaban J connectivity index is 1.13. The lowest BCUT2D eigenvalue weighted by atomic mass is 10.0. The Hall–Kier alpha value is -4.12. The number of piperidine rings is 1. The van der Waals surface area contributed by atoms with E-state index in [2.05, 4.69) is 4.98 Å². The lowest BCUT2D eigenvalue weighted by Gasteiger charge is -2.32. The van der Waals surface area contributed by atoms with E-state index in [4.69, 9.17) is 9.47 Å². The number of hydrogen-bond acceptors (Lipinski definition) is 5. The molecular weight excluding hydrogens is 555 g/mol. The Labute approximate surface area is 237 Å². The van der Waals surface area contributed by atoms with Crippen molar-refractivity contribution in [3.63, 3.8) is 0 Å². The summed E-state index contributed by atoms with van der Waals surface area (Å²) in [7, 11) is 0. The van der Waals surface area contributed by atoms with Gasteiger partial charge in [0.2, 0.25) is 5.91 Å². The number of hydrogen-bond donors (Lipinski definition) is 1. The first-order valence-electron chi connectivity index (χ1n) is 13.2. The summed E-state index contributed by atoms with van der Waals surface area (Å²) in [5, 5.41) is 0. The number of aromatic amines is 1. The summed E-state index contributed by atoms with van der Waals surface area (Å²) < 4.78 is 54.7. The summed E-state index contributed by atoms with van der Waals surface area (Å²) in [6, 6.07) is 16.5. The van der Waals surface area contributed by atoms with Crippen LogP contribution in [0.5, 0.6) is 11.5 Å². The molecule has 1 N–H and O–H groups in total. The van der Waals surface area contributed by atoms with Crippen LogP contribution in [0, 0.1) is 0 Å². The highest BCUT2D eigenvalue weighted by atomic mass is 32.2. The minimum absolute atomic E-state index is 0.0414. The zero-order valence-corrected chi connectivity index (χ0v) is 22.6. The number of amides is 1. The number of likely N-dealkylation sites (tertiary alicyclic amines) is 1. The fourth-order valence-electron chi connectivity index (χ4n) is 5.23. The molecule has 1 fully saturated rings. The number of para-hydroxylation sites is 2. The first kappa shape index (κ1) is 27.1. The number of benzene rings is 3. The number of ether oxygens (including phenoxy) is 2. The molecule has 6 rings (SSSR count). The summed E-state index contributed by atoms with van der Waals surface area (Å²) in [6.07, 6.45) is -0.656. The van der Waals surface area contributed by atoms with Gasteiger partial charge < -0.3 is 19.4 Å². The lowest BCUT2D eigenvalue weighted by molar-refractivity contribution is -0.139. The first-order chi connectivity index (χ1) is 19.8. The summed E-state index contributed by atoms with van der Waals surface area (Å²) in [6.45, 7) is 1.70. The standard InChI is InChI=1S/C30H26F3N3O4S/c31-30(32,33)22-17-19(5-9-27(22)41-21-7-8-25-26(18-21)40-16-15-39-25)6-10-28(37)35-13-11-20(12-14-35)36-24-4-2-1-3-23(24)34-29(36)38/h1-10,17-18,20H,11-16H2,(H,34,38)/b10-6+. The number of nitrogens with one attached hydrogen (secondary N) is 1. The normalized spacial score (nSPS) is 16.0. The van der Waals surface area contributed by atoms with Gasteiger partial charge in [-0.05, 0) is 66.9 Å². The maximum absolute atomic E-state index is 14.0. The van der Waals surface area contributed by atoms with Crippen molar-refractivity contribution in [2.24, 2.45) is 0 Å². The molecule has 0 radical (unpaired) electrons. The molecule has 2 aliphatic heterocycles. The van der Waals surface area contributed by atoms with Gasteiger partial charge in [-0.25, -0.2) is 4.79 Å². The average Bonchev–Trinajstić information content (AvgIpc) is 3.31. The van der Waals surface area contributed by atoms with E-state index in [0.29, 0.717) is 55.5 Å². The number of nitrogens with zero attached hydrogens (tertiary/aromatic N) is 2. The second kappa shape index (κ2) is 11.0. The minimum Gasteiger partial charge on any atom is -0.486 e. The smallest absolute Gasteiger partial charge is 0.417 e. The molecule has 3 aromatic carbocycles. The van der Waals surface area contributed by atoms with Gasteiger partial charge in [0.15, 0.2) is 11.5 Å². The molecular formula is C30H26F3N3O4S. The van der Waals surface area contributed by atoms with Crippen molar-refractivity contribution in [2.75, 3.05) is 26.3 Å². The third-order valence-corrected chi connectivity index (χ3v) is 8.30. The molecule has 0 unspecified atom stereocenters. The van der Waals surface area contributed by atoms with Crippen LogP contribution in [-0.2, 0) is 11.0 Å². The van der Waals surface area contributed by atoms with Crippen LogP contribution in [-0.4, -0.2) is 46.7 Å². The molecule has 11 heteroatoms. The van der Waals surface area contributed by atoms with Gasteiger partial charge in [-0.3, -0.25) is 9.36 Å². The highest BCUT2D eigenvalue weighted by Crippen LogP contribution is 2.42. The van der Waals surface area contributed by atoms with Crippen LogP contribution in [0.2, 0.25) is 0 Å². The fourth-order valence-corrected chi connectivity index (χ4v) is 6.21. The van der Waals surface area contributed by atoms with Gasteiger partial charge in [0.1, 0.15) is 13.2 Å². The first-order valence-corrected chi connectivity index (χ1v) is 14.0. The molecule has 212 valence electrons. The van der Waals surface area contributed by atoms with Crippen LogP contribution in [0.3, 0.4) is 0 Å². The van der Waals surface area contributed by atoms with Crippen molar-refractivity contribution in [1.82, 2.24) is 14.5 Å². The third-order valence-electron chi connectivity index (χ3n) is 7.23. The minimum atomic E-state index is -4.58. The third kappa shape index (κ3) is 5.72. The zero-order valence-electron chi connectivity index (χ0n) is 21.8. The Morgan fingerprint density at radius 2 is 1.73 bits per heavy atom. The van der Waals surface area contributed by atoms with Crippen molar-refractivity contribution >= 4 is 34.8 Å². The highest BCUT2D eigenvalue weighted by molar-refractivity contribution is 7.99. The van der Waals surface area contributed by atoms with Gasteiger partial charge in [0, 0.05) is 35.0 Å². The van der Waals surface area contributed by atoms with E-state index in [1.807, 2.05) is 24.3 Å². The van der Waals surface area contributed by atoms with E-state index in [9.17, 15) is 22.8 Å². The van der Waals surface area contributed by atoms with E-state index in [1.165, 1.54) is 18.2 Å². The molecule has 4 aromatic rings. The van der Waals surface area contributed by atoms with Crippen LogP contribution in [0.1, 0.15) is 30.0 Å². The monoisotopic (exact) mass is 581 g/mol. The predicted molar refractivity (Wildman–Crippen MR) is 149 cm³/mol. The van der Waals surface area contributed by atoms with Gasteiger partial charge in [-0.15, -0.1) is 0 Å². The Bertz CT molecular complexity index is 1690. The van der Waals surface area contributed by atoms with Crippen molar-refractivity contribution in [3.05, 3.63) is 88.4 Å². The van der Waals surface area contributed by atoms with Crippen molar-refractivity contribution in [3.8, 4) is 11.5 Å². The number of rotatable bonds is 5. The zero-order chi connectivity index (χ0) is 28.6. The average molecular weight is 582 g/mol. The Kier molecular flexibility index (Phi) is 7.29. The van der Waals surface area contributed by atoms with Gasteiger partial charge in [0.25, 0.3) is 0 Å². The molecule has 0 saturated carbocycles. The van der Waals surface area contributed by atoms with Crippen LogP contribution in [0.15, 0.2) is 81.3 Å². The Morgan fingerprint density at radius 1 is 0.976 bits per heavy atom. The molecule has 0 bridgehead atoms. The molecule has 41 heavy (non-hydrogen) atoms. The Morgan fingerprint density at radius 3 is 2.51 bits per heavy atom. The molecule has 0 atom stereocenters. The van der Waals surface area contributed by atoms with Crippen LogP contribution in [0.4, 0.5) is 13.2 Å². The van der Waals surface area contributed by atoms with E-state index in [1.54, 1.807) is 33.7 Å². The summed E-state index contributed by atoms with van der Waals surface area (Å²) in [4.78, 5) is 30.5. The number of halogens is 3. The van der Waals surface area contributed by atoms with E-state index in [-0.39, 0.29) is 28.1 Å². The van der Waals surface area contributed by atoms with Gasteiger partial charge in [0.05, 0.1) is 16.6 Å². The van der Waals surface area contributed by atoms with Crippen LogP contribution < -0.4 is 15.2 Å². The number of carbonyl (C=O) groups excluding carboxylic acids is 1. The quantitative estimate of drug-likeness (QED) is 0.286. The van der Waals surface area contributed by atoms with Crippen LogP contribution in [0.25, 0.3) is 17.1 Å². The van der Waals surface area contributed by atoms with E-state index >= 15 is 0 Å². The molecule has 0 aliphatic carbocycles. The number of alkyl halides is 3. The number of aromatic nitrogens is 2. The van der Waals surface area contributed by atoms with Crippen molar-refractivity contribution < 1.29 is 27.4 Å². The molecule has 1 saturated heterocycles. The van der Waals surface area contributed by atoms with Crippen LogP contribution >= 0.6 is 11.8 Å². The fraction of sp³-hybridized carbons (Fsp3) is 0.267. The van der Waals surface area contributed by atoms with Gasteiger partial charge in [-0.2, -0.15) is 13.2 Å². The van der Waals surface area contributed by atoms with Crippen molar-refractivity contribution in [1.29, 1.82) is 0 Å². The molecule has 2 aliphatic rings. The van der Waals surface area contributed by atoms with Crippen molar-refractivity contribution in [2.45, 2.75) is 34.9 Å². The number of fused-ring (bicyclic) bond motifs is 2. The maximum Gasteiger partial charge on any atom is 0.417 e. The lowest BCUT2D eigenvalue weighted by Crippen LogP contribution is -2.39. The highest BCUT2D eigenvalue weighted by Gasteiger charge is 2.34. The second-order valence-electron chi connectivity index (χ2n) is 9.87. The second-order valence-corrected chi connectivity index (χ2v) is 11.0.